The first-order valence-electron chi connectivity index (χ1n) is 6.87. The van der Waals surface area contributed by atoms with Crippen molar-refractivity contribution < 1.29 is 8.91 Å². The Hall–Kier alpha value is -1.75. The first kappa shape index (κ1) is 13.2. The lowest BCUT2D eigenvalue weighted by molar-refractivity contribution is 0.278. The second-order valence-electron chi connectivity index (χ2n) is 5.80. The molecule has 0 amide bonds. The monoisotopic (exact) mass is 275 g/mol. The Morgan fingerprint density at radius 1 is 1.45 bits per heavy atom. The van der Waals surface area contributed by atoms with E-state index in [4.69, 9.17) is 10.3 Å². The van der Waals surface area contributed by atoms with E-state index >= 15 is 0 Å². The van der Waals surface area contributed by atoms with E-state index in [1.54, 1.807) is 19.1 Å². The predicted octanol–water partition coefficient (Wildman–Crippen LogP) is 2.95. The number of aryl methyl sites for hydroxylation is 1. The van der Waals surface area contributed by atoms with Gasteiger partial charge in [-0.1, -0.05) is 23.7 Å². The summed E-state index contributed by atoms with van der Waals surface area (Å²) >= 11 is 0. The van der Waals surface area contributed by atoms with Gasteiger partial charge in [0.25, 0.3) is 0 Å². The third kappa shape index (κ3) is 2.02. The molecule has 3 rings (SSSR count). The summed E-state index contributed by atoms with van der Waals surface area (Å²) in [6.07, 6.45) is 2.97. The van der Waals surface area contributed by atoms with E-state index in [0.29, 0.717) is 22.8 Å². The van der Waals surface area contributed by atoms with Gasteiger partial charge in [0, 0.05) is 11.6 Å². The van der Waals surface area contributed by atoms with Crippen molar-refractivity contribution in [2.75, 3.05) is 0 Å². The molecule has 2 aromatic rings. The van der Waals surface area contributed by atoms with Crippen LogP contribution in [0.15, 0.2) is 22.7 Å². The van der Waals surface area contributed by atoms with Gasteiger partial charge in [-0.3, -0.25) is 0 Å². The van der Waals surface area contributed by atoms with Gasteiger partial charge in [-0.2, -0.15) is 4.98 Å². The van der Waals surface area contributed by atoms with E-state index < -0.39 is 0 Å². The van der Waals surface area contributed by atoms with Crippen LogP contribution in [0, 0.1) is 12.7 Å². The molecule has 0 spiro atoms. The van der Waals surface area contributed by atoms with Gasteiger partial charge in [-0.05, 0) is 38.3 Å². The van der Waals surface area contributed by atoms with Gasteiger partial charge in [0.15, 0.2) is 0 Å². The molecule has 2 atom stereocenters. The van der Waals surface area contributed by atoms with Crippen molar-refractivity contribution in [3.05, 3.63) is 35.5 Å². The predicted molar refractivity (Wildman–Crippen MR) is 73.6 cm³/mol. The van der Waals surface area contributed by atoms with Crippen LogP contribution in [0.1, 0.15) is 37.6 Å². The number of hydrogen-bond donors (Lipinski definition) is 1. The minimum Gasteiger partial charge on any atom is -0.338 e. The fourth-order valence-electron chi connectivity index (χ4n) is 2.76. The van der Waals surface area contributed by atoms with Gasteiger partial charge in [0.1, 0.15) is 5.82 Å². The van der Waals surface area contributed by atoms with E-state index in [1.165, 1.54) is 6.07 Å². The Morgan fingerprint density at radius 3 is 2.90 bits per heavy atom. The molecule has 0 aliphatic heterocycles. The summed E-state index contributed by atoms with van der Waals surface area (Å²) in [5, 5.41) is 3.97. The maximum absolute atomic E-state index is 13.6. The zero-order valence-electron chi connectivity index (χ0n) is 11.7. The molecule has 0 bridgehead atoms. The van der Waals surface area contributed by atoms with Crippen LogP contribution in [-0.4, -0.2) is 16.2 Å². The van der Waals surface area contributed by atoms with Crippen molar-refractivity contribution in [2.24, 2.45) is 5.73 Å². The topological polar surface area (TPSA) is 64.9 Å². The maximum atomic E-state index is 13.6. The summed E-state index contributed by atoms with van der Waals surface area (Å²) in [4.78, 5) is 4.43. The highest BCUT2D eigenvalue weighted by atomic mass is 19.1. The maximum Gasteiger partial charge on any atom is 0.234 e. The van der Waals surface area contributed by atoms with Gasteiger partial charge in [0.05, 0.1) is 5.41 Å². The number of aromatic nitrogens is 2. The molecule has 4 nitrogen and oxygen atoms in total. The number of nitrogens with two attached hydrogens (primary N) is 1. The normalized spacial score (nSPS) is 26.1. The van der Waals surface area contributed by atoms with Crippen molar-refractivity contribution in [3.8, 4) is 11.4 Å². The number of nitrogens with zero attached hydrogens (tertiary/aromatic N) is 2. The van der Waals surface area contributed by atoms with Crippen LogP contribution >= 0.6 is 0 Å². The fraction of sp³-hybridized carbons (Fsp3) is 0.467. The molecule has 2 N–H and O–H groups in total. The third-order valence-corrected chi connectivity index (χ3v) is 4.37. The summed E-state index contributed by atoms with van der Waals surface area (Å²) in [5.41, 5.74) is 7.10. The average molecular weight is 275 g/mol. The zero-order chi connectivity index (χ0) is 14.3. The number of benzene rings is 1. The molecular formula is C15H18FN3O. The van der Waals surface area contributed by atoms with Crippen molar-refractivity contribution >= 4 is 0 Å². The molecule has 1 saturated carbocycles. The molecular weight excluding hydrogens is 257 g/mol. The van der Waals surface area contributed by atoms with E-state index in [0.717, 1.165) is 19.3 Å². The van der Waals surface area contributed by atoms with Crippen molar-refractivity contribution in [1.82, 2.24) is 10.1 Å². The first-order valence-corrected chi connectivity index (χ1v) is 6.87. The van der Waals surface area contributed by atoms with Crippen LogP contribution in [0.25, 0.3) is 11.4 Å². The van der Waals surface area contributed by atoms with E-state index in [9.17, 15) is 4.39 Å². The first-order chi connectivity index (χ1) is 9.50. The van der Waals surface area contributed by atoms with Crippen LogP contribution in [0.4, 0.5) is 4.39 Å². The molecule has 1 aromatic heterocycles. The zero-order valence-corrected chi connectivity index (χ0v) is 11.7. The van der Waals surface area contributed by atoms with Gasteiger partial charge in [0.2, 0.25) is 11.7 Å². The van der Waals surface area contributed by atoms with E-state index in [-0.39, 0.29) is 17.3 Å². The molecule has 20 heavy (non-hydrogen) atoms. The standard InChI is InChI=1S/C15H18FN3O/c1-9-5-6-10(8-11(9)16)13-18-14(20-19-13)15(2)7-3-4-12(15)17/h5-6,8,12H,3-4,7,17H2,1-2H3. The van der Waals surface area contributed by atoms with Crippen LogP contribution in [-0.2, 0) is 5.41 Å². The van der Waals surface area contributed by atoms with Crippen LogP contribution in [0.2, 0.25) is 0 Å². The summed E-state index contributed by atoms with van der Waals surface area (Å²) in [6, 6.07) is 4.97. The number of halogens is 1. The lowest BCUT2D eigenvalue weighted by Gasteiger charge is -2.23. The second-order valence-corrected chi connectivity index (χ2v) is 5.80. The van der Waals surface area contributed by atoms with Gasteiger partial charge >= 0.3 is 0 Å². The molecule has 0 saturated heterocycles. The molecule has 1 heterocycles. The van der Waals surface area contributed by atoms with Crippen LogP contribution < -0.4 is 5.73 Å². The van der Waals surface area contributed by atoms with Gasteiger partial charge < -0.3 is 10.3 Å². The number of rotatable bonds is 2. The molecule has 1 aliphatic rings. The lowest BCUT2D eigenvalue weighted by atomic mass is 9.85. The molecule has 0 radical (unpaired) electrons. The average Bonchev–Trinajstić information content (AvgIpc) is 3.02. The minimum atomic E-state index is -0.269. The smallest absolute Gasteiger partial charge is 0.234 e. The van der Waals surface area contributed by atoms with E-state index in [2.05, 4.69) is 17.1 Å². The molecule has 5 heteroatoms. The third-order valence-electron chi connectivity index (χ3n) is 4.37. The second kappa shape index (κ2) is 4.66. The molecule has 1 fully saturated rings. The quantitative estimate of drug-likeness (QED) is 0.915. The van der Waals surface area contributed by atoms with Crippen LogP contribution in [0.5, 0.6) is 0 Å². The summed E-state index contributed by atoms with van der Waals surface area (Å²) in [5.74, 6) is 0.704. The minimum absolute atomic E-state index is 0.0329. The molecule has 106 valence electrons. The Labute approximate surface area is 117 Å². The summed E-state index contributed by atoms with van der Waals surface area (Å²) in [7, 11) is 0. The van der Waals surface area contributed by atoms with Crippen LogP contribution in [0.3, 0.4) is 0 Å². The molecule has 1 aromatic carbocycles. The largest absolute Gasteiger partial charge is 0.338 e. The van der Waals surface area contributed by atoms with Gasteiger partial charge in [-0.15, -0.1) is 0 Å². The molecule has 2 unspecified atom stereocenters. The Kier molecular flexibility index (Phi) is 3.09. The highest BCUT2D eigenvalue weighted by Crippen LogP contribution is 2.39. The SMILES string of the molecule is Cc1ccc(-c2noc(C3(C)CCCC3N)n2)cc1F. The fourth-order valence-corrected chi connectivity index (χ4v) is 2.76. The Balaban J connectivity index is 1.96. The Bertz CT molecular complexity index is 640. The van der Waals surface area contributed by atoms with Gasteiger partial charge in [-0.25, -0.2) is 4.39 Å². The van der Waals surface area contributed by atoms with E-state index in [1.807, 2.05) is 0 Å². The molecule has 1 aliphatic carbocycles. The Morgan fingerprint density at radius 2 is 2.25 bits per heavy atom. The number of hydrogen-bond acceptors (Lipinski definition) is 4. The highest BCUT2D eigenvalue weighted by molar-refractivity contribution is 5.55. The summed E-state index contributed by atoms with van der Waals surface area (Å²) in [6.45, 7) is 3.77. The lowest BCUT2D eigenvalue weighted by Crippen LogP contribution is -2.38. The highest BCUT2D eigenvalue weighted by Gasteiger charge is 2.42. The van der Waals surface area contributed by atoms with Crippen molar-refractivity contribution in [3.63, 3.8) is 0 Å². The van der Waals surface area contributed by atoms with Crippen molar-refractivity contribution in [1.29, 1.82) is 0 Å². The van der Waals surface area contributed by atoms with Crippen molar-refractivity contribution in [2.45, 2.75) is 44.6 Å². The summed E-state index contributed by atoms with van der Waals surface area (Å²) < 4.78 is 19.0.